The SMILES string of the molecule is COC(=O)c1cc(OC)c(OC)cc1NC(=O)[C@H]1CCCN(Cc2ccccc2Cl)C1. The van der Waals surface area contributed by atoms with Crippen LogP contribution in [0.3, 0.4) is 0 Å². The maximum atomic E-state index is 13.1. The zero-order valence-electron chi connectivity index (χ0n) is 17.9. The first-order valence-corrected chi connectivity index (χ1v) is 10.5. The lowest BCUT2D eigenvalue weighted by atomic mass is 9.96. The Labute approximate surface area is 187 Å². The van der Waals surface area contributed by atoms with Gasteiger partial charge in [-0.25, -0.2) is 4.79 Å². The number of carbonyl (C=O) groups excluding carboxylic acids is 2. The van der Waals surface area contributed by atoms with Crippen molar-refractivity contribution in [2.24, 2.45) is 5.92 Å². The fourth-order valence-electron chi connectivity index (χ4n) is 3.78. The highest BCUT2D eigenvalue weighted by Crippen LogP contribution is 2.34. The van der Waals surface area contributed by atoms with Gasteiger partial charge in [0.15, 0.2) is 11.5 Å². The van der Waals surface area contributed by atoms with Crippen molar-refractivity contribution in [3.05, 3.63) is 52.5 Å². The molecule has 3 rings (SSSR count). The van der Waals surface area contributed by atoms with E-state index in [2.05, 4.69) is 10.2 Å². The smallest absolute Gasteiger partial charge is 0.340 e. The monoisotopic (exact) mass is 446 g/mol. The Morgan fingerprint density at radius 3 is 2.52 bits per heavy atom. The third-order valence-electron chi connectivity index (χ3n) is 5.41. The molecule has 2 aromatic rings. The first-order chi connectivity index (χ1) is 15.0. The van der Waals surface area contributed by atoms with Crippen molar-refractivity contribution < 1.29 is 23.8 Å². The van der Waals surface area contributed by atoms with Gasteiger partial charge in [-0.15, -0.1) is 0 Å². The lowest BCUT2D eigenvalue weighted by Gasteiger charge is -2.32. The molecule has 0 unspecified atom stereocenters. The van der Waals surface area contributed by atoms with Gasteiger partial charge in [0.05, 0.1) is 38.5 Å². The van der Waals surface area contributed by atoms with Crippen LogP contribution in [0.5, 0.6) is 11.5 Å². The largest absolute Gasteiger partial charge is 0.493 e. The van der Waals surface area contributed by atoms with Crippen LogP contribution in [-0.2, 0) is 16.1 Å². The standard InChI is InChI=1S/C23H27ClN2O5/c1-29-20-11-17(23(28)31-3)19(12-21(20)30-2)25-22(27)16-8-6-10-26(14-16)13-15-7-4-5-9-18(15)24/h4-5,7,9,11-12,16H,6,8,10,13-14H2,1-3H3,(H,25,27)/t16-/m0/s1. The van der Waals surface area contributed by atoms with Gasteiger partial charge in [0.25, 0.3) is 0 Å². The molecule has 1 saturated heterocycles. The molecule has 1 N–H and O–H groups in total. The van der Waals surface area contributed by atoms with Crippen molar-refractivity contribution in [1.82, 2.24) is 4.90 Å². The summed E-state index contributed by atoms with van der Waals surface area (Å²) in [5.74, 6) is -0.143. The third-order valence-corrected chi connectivity index (χ3v) is 5.78. The summed E-state index contributed by atoms with van der Waals surface area (Å²) in [7, 11) is 4.26. The molecule has 1 aliphatic heterocycles. The van der Waals surface area contributed by atoms with Gasteiger partial charge in [0.2, 0.25) is 5.91 Å². The number of hydrogen-bond donors (Lipinski definition) is 1. The molecule has 2 aromatic carbocycles. The number of esters is 1. The van der Waals surface area contributed by atoms with E-state index in [0.717, 1.165) is 30.0 Å². The van der Waals surface area contributed by atoms with E-state index in [1.807, 2.05) is 24.3 Å². The zero-order chi connectivity index (χ0) is 22.4. The second-order valence-electron chi connectivity index (χ2n) is 7.40. The van der Waals surface area contributed by atoms with Crippen LogP contribution in [0.25, 0.3) is 0 Å². The molecule has 31 heavy (non-hydrogen) atoms. The zero-order valence-corrected chi connectivity index (χ0v) is 18.7. The van der Waals surface area contributed by atoms with E-state index in [9.17, 15) is 9.59 Å². The Hall–Kier alpha value is -2.77. The molecule has 0 radical (unpaired) electrons. The van der Waals surface area contributed by atoms with Gasteiger partial charge in [-0.1, -0.05) is 29.8 Å². The van der Waals surface area contributed by atoms with E-state index in [1.54, 1.807) is 6.07 Å². The molecular weight excluding hydrogens is 420 g/mol. The topological polar surface area (TPSA) is 77.1 Å². The second kappa shape index (κ2) is 10.5. The molecule has 1 amide bonds. The van der Waals surface area contributed by atoms with Crippen LogP contribution in [-0.4, -0.2) is 51.2 Å². The number of methoxy groups -OCH3 is 3. The molecule has 0 aliphatic carbocycles. The van der Waals surface area contributed by atoms with Crippen LogP contribution in [0.4, 0.5) is 5.69 Å². The highest BCUT2D eigenvalue weighted by molar-refractivity contribution is 6.31. The van der Waals surface area contributed by atoms with Crippen molar-refractivity contribution in [1.29, 1.82) is 0 Å². The maximum absolute atomic E-state index is 13.1. The number of hydrogen-bond acceptors (Lipinski definition) is 6. The van der Waals surface area contributed by atoms with Crippen molar-refractivity contribution in [3.8, 4) is 11.5 Å². The van der Waals surface area contributed by atoms with Gasteiger partial charge in [-0.3, -0.25) is 9.69 Å². The molecule has 166 valence electrons. The minimum atomic E-state index is -0.569. The first-order valence-electron chi connectivity index (χ1n) is 10.1. The Kier molecular flexibility index (Phi) is 7.76. The Bertz CT molecular complexity index is 950. The number of likely N-dealkylation sites (tertiary alicyclic amines) is 1. The summed E-state index contributed by atoms with van der Waals surface area (Å²) in [4.78, 5) is 27.5. The Balaban J connectivity index is 1.75. The molecule has 7 nitrogen and oxygen atoms in total. The summed E-state index contributed by atoms with van der Waals surface area (Å²) >= 11 is 6.29. The van der Waals surface area contributed by atoms with Crippen molar-refractivity contribution in [3.63, 3.8) is 0 Å². The highest BCUT2D eigenvalue weighted by atomic mass is 35.5. The number of halogens is 1. The van der Waals surface area contributed by atoms with Crippen molar-refractivity contribution in [2.75, 3.05) is 39.7 Å². The van der Waals surface area contributed by atoms with E-state index in [4.69, 9.17) is 25.8 Å². The van der Waals surface area contributed by atoms with Gasteiger partial charge in [0, 0.05) is 30.2 Å². The predicted octanol–water partition coefficient (Wildman–Crippen LogP) is 3.99. The molecule has 0 saturated carbocycles. The summed E-state index contributed by atoms with van der Waals surface area (Å²) in [6, 6.07) is 10.8. The van der Waals surface area contributed by atoms with Crippen LogP contribution in [0.2, 0.25) is 5.02 Å². The fraction of sp³-hybridized carbons (Fsp3) is 0.391. The summed E-state index contributed by atoms with van der Waals surface area (Å²) in [5, 5.41) is 3.61. The number of ether oxygens (including phenoxy) is 3. The second-order valence-corrected chi connectivity index (χ2v) is 7.81. The normalized spacial score (nSPS) is 16.5. The minimum absolute atomic E-state index is 0.152. The quantitative estimate of drug-likeness (QED) is 0.648. The van der Waals surface area contributed by atoms with Crippen molar-refractivity contribution >= 4 is 29.2 Å². The van der Waals surface area contributed by atoms with Gasteiger partial charge in [-0.2, -0.15) is 0 Å². The number of amides is 1. The average molecular weight is 447 g/mol. The molecular formula is C23H27ClN2O5. The lowest BCUT2D eigenvalue weighted by Crippen LogP contribution is -2.40. The molecule has 8 heteroatoms. The molecule has 0 spiro atoms. The number of nitrogens with zero attached hydrogens (tertiary/aromatic N) is 1. The van der Waals surface area contributed by atoms with Crippen LogP contribution in [0.1, 0.15) is 28.8 Å². The van der Waals surface area contributed by atoms with E-state index in [1.165, 1.54) is 27.4 Å². The number of nitrogens with one attached hydrogen (secondary N) is 1. The number of carbonyl (C=O) groups is 2. The number of piperidine rings is 1. The lowest BCUT2D eigenvalue weighted by molar-refractivity contribution is -0.121. The summed E-state index contributed by atoms with van der Waals surface area (Å²) in [6.45, 7) is 2.20. The van der Waals surface area contributed by atoms with Crippen LogP contribution in [0, 0.1) is 5.92 Å². The Morgan fingerprint density at radius 2 is 1.84 bits per heavy atom. The molecule has 1 aliphatic rings. The van der Waals surface area contributed by atoms with E-state index < -0.39 is 5.97 Å². The van der Waals surface area contributed by atoms with E-state index in [0.29, 0.717) is 30.3 Å². The van der Waals surface area contributed by atoms with Crippen LogP contribution >= 0.6 is 11.6 Å². The molecule has 1 heterocycles. The summed E-state index contributed by atoms with van der Waals surface area (Å²) in [6.07, 6.45) is 1.67. The van der Waals surface area contributed by atoms with Crippen LogP contribution in [0.15, 0.2) is 36.4 Å². The predicted molar refractivity (Wildman–Crippen MR) is 119 cm³/mol. The van der Waals surface area contributed by atoms with Gasteiger partial charge < -0.3 is 19.5 Å². The van der Waals surface area contributed by atoms with Gasteiger partial charge >= 0.3 is 5.97 Å². The molecule has 1 atom stereocenters. The molecule has 0 bridgehead atoms. The van der Waals surface area contributed by atoms with E-state index >= 15 is 0 Å². The highest BCUT2D eigenvalue weighted by Gasteiger charge is 2.28. The fourth-order valence-corrected chi connectivity index (χ4v) is 3.97. The maximum Gasteiger partial charge on any atom is 0.340 e. The number of benzene rings is 2. The third kappa shape index (κ3) is 5.48. The van der Waals surface area contributed by atoms with Crippen molar-refractivity contribution in [2.45, 2.75) is 19.4 Å². The molecule has 1 fully saturated rings. The summed E-state index contributed by atoms with van der Waals surface area (Å²) in [5.41, 5.74) is 1.58. The van der Waals surface area contributed by atoms with Gasteiger partial charge in [-0.05, 0) is 31.0 Å². The average Bonchev–Trinajstić information content (AvgIpc) is 2.79. The Morgan fingerprint density at radius 1 is 1.13 bits per heavy atom. The van der Waals surface area contributed by atoms with Crippen LogP contribution < -0.4 is 14.8 Å². The van der Waals surface area contributed by atoms with Gasteiger partial charge in [0.1, 0.15) is 0 Å². The summed E-state index contributed by atoms with van der Waals surface area (Å²) < 4.78 is 15.4. The number of anilines is 1. The first kappa shape index (κ1) is 22.9. The van der Waals surface area contributed by atoms with E-state index in [-0.39, 0.29) is 17.4 Å². The number of rotatable bonds is 7. The minimum Gasteiger partial charge on any atom is -0.493 e. The molecule has 0 aromatic heterocycles.